The molecule has 0 aromatic heterocycles. The monoisotopic (exact) mass is 1020 g/mol. The summed E-state index contributed by atoms with van der Waals surface area (Å²) in [5.74, 6) is -9.96. The molecule has 3 aromatic rings. The highest BCUT2D eigenvalue weighted by Crippen LogP contribution is 2.33. The Labute approximate surface area is 410 Å². The van der Waals surface area contributed by atoms with E-state index in [-0.39, 0.29) is 11.1 Å². The maximum Gasteiger partial charge on any atom is 0.251 e. The zero-order valence-corrected chi connectivity index (χ0v) is 38.2. The molecule has 0 bridgehead atoms. The molecule has 26 heteroatoms. The number of ether oxygens (including phenoxy) is 2. The van der Waals surface area contributed by atoms with E-state index in [4.69, 9.17) is 19.7 Å². The summed E-state index contributed by atoms with van der Waals surface area (Å²) in [5, 5.41) is 176. The highest BCUT2D eigenvalue weighted by atomic mass is 16.7. The van der Waals surface area contributed by atoms with Crippen LogP contribution in [0.5, 0.6) is 0 Å². The van der Waals surface area contributed by atoms with Crippen molar-refractivity contribution in [3.8, 4) is 0 Å². The first-order chi connectivity index (χ1) is 34.0. The fourth-order valence-electron chi connectivity index (χ4n) is 8.20. The van der Waals surface area contributed by atoms with E-state index in [9.17, 15) is 90.7 Å². The van der Waals surface area contributed by atoms with Gasteiger partial charge in [0.15, 0.2) is 23.8 Å². The van der Waals surface area contributed by atoms with Crippen molar-refractivity contribution in [1.29, 1.82) is 0 Å². The lowest BCUT2D eigenvalue weighted by Gasteiger charge is -2.48. The molecular formula is C46H62N4O22. The number of nitrogens with one attached hydrogen (secondary N) is 4. The standard InChI is InChI=1S/C46H62N4O22/c51-19-25(53)29(55)33(59)37(63)43(67)47-17-27-31(57)35(61)39(45(69,71-27)15-21-8-3-1-4-9-21)49-41(65)23-12-7-13-24(14-23)42(66)50-40-36(62)32(58)28(72-46(40,70)16-22-10-5-2-6-11-22)18-48-44(68)38(64)34(60)30(56)26(54)20-52/h1-14,25-40,51-64,69-70H,15-20H2,(H,47,67)(H,48,68)(H,49,65)(H,50,66)/t25-,26-,27+,28+,29+,30+,31+,32+,33-,34-,35-,36-,37-,38-,39+,40+,45-,46-/m0/s1. The summed E-state index contributed by atoms with van der Waals surface area (Å²) in [5.41, 5.74) is 0.215. The molecule has 2 saturated heterocycles. The lowest BCUT2D eigenvalue weighted by Crippen LogP contribution is -2.71. The van der Waals surface area contributed by atoms with Gasteiger partial charge >= 0.3 is 0 Å². The van der Waals surface area contributed by atoms with Crippen molar-refractivity contribution in [3.05, 3.63) is 107 Å². The Morgan fingerprint density at radius 2 is 0.847 bits per heavy atom. The van der Waals surface area contributed by atoms with E-state index in [2.05, 4.69) is 21.3 Å². The number of carbonyl (C=O) groups excluding carboxylic acids is 4. The van der Waals surface area contributed by atoms with Crippen molar-refractivity contribution in [2.24, 2.45) is 0 Å². The summed E-state index contributed by atoms with van der Waals surface area (Å²) in [6.45, 7) is -3.53. The fourth-order valence-corrected chi connectivity index (χ4v) is 8.20. The van der Waals surface area contributed by atoms with Gasteiger partial charge in [-0.3, -0.25) is 19.2 Å². The van der Waals surface area contributed by atoms with Crippen LogP contribution in [0.2, 0.25) is 0 Å². The average Bonchev–Trinajstić information content (AvgIpc) is 3.38. The van der Waals surface area contributed by atoms with E-state index in [1.807, 2.05) is 0 Å². The van der Waals surface area contributed by atoms with Gasteiger partial charge in [-0.2, -0.15) is 0 Å². The van der Waals surface area contributed by atoms with Gasteiger partial charge in [0.1, 0.15) is 85.3 Å². The van der Waals surface area contributed by atoms with Gasteiger partial charge < -0.3 is 112 Å². The van der Waals surface area contributed by atoms with Crippen LogP contribution in [0.3, 0.4) is 0 Å². The van der Waals surface area contributed by atoms with Crippen LogP contribution in [0.1, 0.15) is 31.8 Å². The number of amides is 4. The molecule has 5 rings (SSSR count). The molecule has 18 atom stereocenters. The SMILES string of the molecule is O=C(N[C@@H]1[C@@H](O)[C@H](O)[C@@H](CNC(=O)[C@@H](O)[C@@H](O)[C@H](O)[C@@H](O)CO)O[C@@]1(O)Cc1ccccc1)c1cccc(C(=O)N[C@@H]2[C@@H](O)[C@H](O)[C@@H](CNC(=O)[C@@H](O)[C@@H](O)[C@H](O)[C@@H](O)CO)O[C@@]2(O)Cc2ccccc2)c1. The second-order valence-corrected chi connectivity index (χ2v) is 17.6. The molecule has 20 N–H and O–H groups in total. The average molecular weight is 1020 g/mol. The van der Waals surface area contributed by atoms with Crippen molar-refractivity contribution in [2.45, 2.75) is 122 Å². The molecule has 2 fully saturated rings. The molecule has 0 aliphatic carbocycles. The van der Waals surface area contributed by atoms with Crippen LogP contribution in [0.15, 0.2) is 84.9 Å². The van der Waals surface area contributed by atoms with Crippen molar-refractivity contribution in [2.75, 3.05) is 26.3 Å². The predicted molar refractivity (Wildman–Crippen MR) is 241 cm³/mol. The Kier molecular flexibility index (Phi) is 20.2. The highest BCUT2D eigenvalue weighted by Gasteiger charge is 2.56. The van der Waals surface area contributed by atoms with Crippen LogP contribution in [-0.2, 0) is 31.9 Å². The van der Waals surface area contributed by atoms with Crippen LogP contribution < -0.4 is 21.3 Å². The van der Waals surface area contributed by atoms with Crippen molar-refractivity contribution in [3.63, 3.8) is 0 Å². The van der Waals surface area contributed by atoms with E-state index >= 15 is 0 Å². The summed E-state index contributed by atoms with van der Waals surface area (Å²) in [6, 6.07) is 17.0. The number of carbonyl (C=O) groups is 4. The molecule has 4 amide bonds. The Morgan fingerprint density at radius 3 is 1.18 bits per heavy atom. The number of benzene rings is 3. The van der Waals surface area contributed by atoms with Gasteiger partial charge in [-0.05, 0) is 29.3 Å². The van der Waals surface area contributed by atoms with E-state index in [0.717, 1.165) is 6.07 Å². The molecule has 26 nitrogen and oxygen atoms in total. The van der Waals surface area contributed by atoms with Crippen molar-refractivity contribution >= 4 is 23.6 Å². The van der Waals surface area contributed by atoms with Gasteiger partial charge in [0, 0.05) is 37.1 Å². The van der Waals surface area contributed by atoms with Crippen LogP contribution >= 0.6 is 0 Å². The maximum absolute atomic E-state index is 13.9. The van der Waals surface area contributed by atoms with Crippen molar-refractivity contribution < 1.29 is 110 Å². The quantitative estimate of drug-likeness (QED) is 0.0444. The summed E-state index contributed by atoms with van der Waals surface area (Å²) < 4.78 is 11.7. The van der Waals surface area contributed by atoms with E-state index in [1.165, 1.54) is 18.2 Å². The van der Waals surface area contributed by atoms with Crippen molar-refractivity contribution in [1.82, 2.24) is 21.3 Å². The molecule has 0 spiro atoms. The number of hydrogen-bond donors (Lipinski definition) is 20. The number of rotatable bonds is 22. The predicted octanol–water partition coefficient (Wildman–Crippen LogP) is -8.91. The maximum atomic E-state index is 13.9. The zero-order chi connectivity index (χ0) is 53.2. The Hall–Kier alpha value is -5.18. The molecule has 2 aliphatic heterocycles. The Morgan fingerprint density at radius 1 is 0.500 bits per heavy atom. The largest absolute Gasteiger partial charge is 0.394 e. The fraction of sp³-hybridized carbons (Fsp3) is 0.522. The normalized spacial score (nSPS) is 29.8. The number of aliphatic hydroxyl groups excluding tert-OH is 14. The topological polar surface area (TPSA) is 459 Å². The molecule has 0 saturated carbocycles. The zero-order valence-electron chi connectivity index (χ0n) is 38.2. The minimum atomic E-state index is -2.57. The summed E-state index contributed by atoms with van der Waals surface area (Å²) in [6.07, 6.45) is -29.8. The Balaban J connectivity index is 1.33. The molecule has 398 valence electrons. The molecule has 0 unspecified atom stereocenters. The van der Waals surface area contributed by atoms with Gasteiger partial charge in [0.25, 0.3) is 23.6 Å². The first-order valence-electron chi connectivity index (χ1n) is 22.5. The van der Waals surface area contributed by atoms with Crippen LogP contribution in [-0.4, -0.2) is 241 Å². The molecule has 2 heterocycles. The molecule has 0 radical (unpaired) electrons. The van der Waals surface area contributed by atoms with E-state index < -0.39 is 172 Å². The highest BCUT2D eigenvalue weighted by molar-refractivity contribution is 6.00. The smallest absolute Gasteiger partial charge is 0.251 e. The van der Waals surface area contributed by atoms with Gasteiger partial charge in [-0.1, -0.05) is 66.7 Å². The van der Waals surface area contributed by atoms with Gasteiger partial charge in [-0.25, -0.2) is 0 Å². The molecule has 3 aromatic carbocycles. The van der Waals surface area contributed by atoms with E-state index in [1.54, 1.807) is 60.7 Å². The van der Waals surface area contributed by atoms with E-state index in [0.29, 0.717) is 11.1 Å². The van der Waals surface area contributed by atoms with Gasteiger partial charge in [-0.15, -0.1) is 0 Å². The minimum Gasteiger partial charge on any atom is -0.394 e. The molecule has 2 aliphatic rings. The van der Waals surface area contributed by atoms with Gasteiger partial charge in [0.2, 0.25) is 0 Å². The van der Waals surface area contributed by atoms with Crippen LogP contribution in [0.4, 0.5) is 0 Å². The summed E-state index contributed by atoms with van der Waals surface area (Å²) in [4.78, 5) is 53.3. The molecular weight excluding hydrogens is 961 g/mol. The van der Waals surface area contributed by atoms with Gasteiger partial charge in [0.05, 0.1) is 13.2 Å². The lowest BCUT2D eigenvalue weighted by atomic mass is 9.86. The summed E-state index contributed by atoms with van der Waals surface area (Å²) in [7, 11) is 0. The lowest BCUT2D eigenvalue weighted by molar-refractivity contribution is -0.311. The third-order valence-electron chi connectivity index (χ3n) is 12.4. The number of hydrogen-bond acceptors (Lipinski definition) is 22. The minimum absolute atomic E-state index is 0.289. The second-order valence-electron chi connectivity index (χ2n) is 17.6. The van der Waals surface area contributed by atoms with Crippen LogP contribution in [0, 0.1) is 0 Å². The summed E-state index contributed by atoms with van der Waals surface area (Å²) >= 11 is 0. The molecule has 72 heavy (non-hydrogen) atoms. The first kappa shape index (κ1) is 57.7. The second kappa shape index (κ2) is 25.2. The first-order valence-corrected chi connectivity index (χ1v) is 22.5. The number of aliphatic hydroxyl groups is 16. The van der Waals surface area contributed by atoms with Crippen LogP contribution in [0.25, 0.3) is 0 Å². The Bertz CT molecular complexity index is 2100. The third-order valence-corrected chi connectivity index (χ3v) is 12.4. The third kappa shape index (κ3) is 13.7.